The maximum atomic E-state index is 4.09. The molecule has 0 N–H and O–H groups in total. The van der Waals surface area contributed by atoms with Gasteiger partial charge in [-0.25, -0.2) is 0 Å². The van der Waals surface area contributed by atoms with E-state index in [4.69, 9.17) is 0 Å². The molecule has 12 heavy (non-hydrogen) atoms. The Balaban J connectivity index is 2.46. The lowest BCUT2D eigenvalue weighted by Crippen LogP contribution is -1.84. The van der Waals surface area contributed by atoms with Crippen molar-refractivity contribution in [2.24, 2.45) is 0 Å². The van der Waals surface area contributed by atoms with Crippen molar-refractivity contribution in [3.05, 3.63) is 43.1 Å². The number of nitrogens with zero attached hydrogens (tertiary/aromatic N) is 3. The molecule has 0 saturated heterocycles. The highest BCUT2D eigenvalue weighted by molar-refractivity contribution is 5.55. The maximum absolute atomic E-state index is 4.09. The lowest BCUT2D eigenvalue weighted by Gasteiger charge is -1.95. The summed E-state index contributed by atoms with van der Waals surface area (Å²) in [5, 5.41) is 0. The Morgan fingerprint density at radius 1 is 1.17 bits per heavy atom. The zero-order chi connectivity index (χ0) is 8.23. The molecule has 2 rings (SSSR count). The van der Waals surface area contributed by atoms with E-state index in [1.54, 1.807) is 24.8 Å². The Morgan fingerprint density at radius 3 is 2.83 bits per heavy atom. The zero-order valence-corrected chi connectivity index (χ0v) is 6.31. The standard InChI is InChI=1S/C9H6N3/c1-2-8(6-10-3-1)9-7-11-4-5-12-9/h1-6H. The minimum absolute atomic E-state index is 0.727. The van der Waals surface area contributed by atoms with Crippen LogP contribution in [-0.2, 0) is 0 Å². The van der Waals surface area contributed by atoms with Crippen LogP contribution in [0.1, 0.15) is 0 Å². The van der Waals surface area contributed by atoms with E-state index >= 15 is 0 Å². The first-order valence-electron chi connectivity index (χ1n) is 3.56. The van der Waals surface area contributed by atoms with Crippen LogP contribution in [0.5, 0.6) is 0 Å². The molecule has 0 aliphatic rings. The van der Waals surface area contributed by atoms with Gasteiger partial charge in [-0.1, -0.05) is 0 Å². The second-order valence-corrected chi connectivity index (χ2v) is 2.26. The largest absolute Gasteiger partial charge is 0.264 e. The topological polar surface area (TPSA) is 38.7 Å². The number of hydrogen-bond donors (Lipinski definition) is 0. The third kappa shape index (κ3) is 1.29. The van der Waals surface area contributed by atoms with Gasteiger partial charge < -0.3 is 0 Å². The van der Waals surface area contributed by atoms with Gasteiger partial charge in [0.15, 0.2) is 0 Å². The molecule has 0 unspecified atom stereocenters. The highest BCUT2D eigenvalue weighted by Crippen LogP contribution is 2.11. The average molecular weight is 156 g/mol. The van der Waals surface area contributed by atoms with Gasteiger partial charge in [0.2, 0.25) is 0 Å². The summed E-state index contributed by atoms with van der Waals surface area (Å²) in [6.07, 6.45) is 9.48. The number of hydrogen-bond acceptors (Lipinski definition) is 3. The molecule has 0 amide bonds. The predicted octanol–water partition coefficient (Wildman–Crippen LogP) is 1.34. The van der Waals surface area contributed by atoms with E-state index in [1.807, 2.05) is 12.1 Å². The Bertz CT molecular complexity index is 307. The monoisotopic (exact) mass is 156 g/mol. The quantitative estimate of drug-likeness (QED) is 0.625. The molecule has 2 aromatic heterocycles. The molecule has 3 heteroatoms. The molecule has 0 bridgehead atoms. The molecule has 0 fully saturated rings. The van der Waals surface area contributed by atoms with Crippen molar-refractivity contribution in [1.29, 1.82) is 0 Å². The first kappa shape index (κ1) is 6.91. The molecule has 0 aromatic carbocycles. The third-order valence-corrected chi connectivity index (χ3v) is 1.45. The summed E-state index contributed by atoms with van der Waals surface area (Å²) in [6.45, 7) is 0. The van der Waals surface area contributed by atoms with Gasteiger partial charge in [-0.3, -0.25) is 15.0 Å². The molecule has 0 aliphatic heterocycles. The molecular formula is C9H6N3. The van der Waals surface area contributed by atoms with Crippen LogP contribution in [0.3, 0.4) is 0 Å². The van der Waals surface area contributed by atoms with Gasteiger partial charge in [-0.15, -0.1) is 0 Å². The SMILES string of the molecule is [c]1nccnc1-c1cccnc1. The van der Waals surface area contributed by atoms with E-state index in [0.29, 0.717) is 0 Å². The molecule has 0 saturated carbocycles. The molecule has 1 radical (unpaired) electrons. The van der Waals surface area contributed by atoms with Gasteiger partial charge in [0.1, 0.15) is 6.20 Å². The van der Waals surface area contributed by atoms with Crippen LogP contribution in [0.2, 0.25) is 0 Å². The number of rotatable bonds is 1. The van der Waals surface area contributed by atoms with Gasteiger partial charge in [0.05, 0.1) is 5.69 Å². The summed E-state index contributed by atoms with van der Waals surface area (Å²) < 4.78 is 0. The Morgan fingerprint density at radius 2 is 2.17 bits per heavy atom. The van der Waals surface area contributed by atoms with Crippen molar-refractivity contribution in [2.45, 2.75) is 0 Å². The zero-order valence-electron chi connectivity index (χ0n) is 6.31. The van der Waals surface area contributed by atoms with Gasteiger partial charge in [0, 0.05) is 30.4 Å². The normalized spacial score (nSPS) is 9.67. The van der Waals surface area contributed by atoms with Gasteiger partial charge in [-0.2, -0.15) is 0 Å². The fourth-order valence-corrected chi connectivity index (χ4v) is 0.910. The molecule has 2 heterocycles. The average Bonchev–Trinajstić information content (AvgIpc) is 2.21. The first-order valence-corrected chi connectivity index (χ1v) is 3.56. The Kier molecular flexibility index (Phi) is 1.78. The molecule has 3 nitrogen and oxygen atoms in total. The summed E-state index contributed by atoms with van der Waals surface area (Å²) in [4.78, 5) is 11.9. The van der Waals surface area contributed by atoms with E-state index in [-0.39, 0.29) is 0 Å². The highest BCUT2D eigenvalue weighted by Gasteiger charge is 1.96. The summed E-state index contributed by atoms with van der Waals surface area (Å²) in [7, 11) is 0. The van der Waals surface area contributed by atoms with Crippen LogP contribution in [0.25, 0.3) is 11.3 Å². The molecule has 0 atom stereocenters. The summed E-state index contributed by atoms with van der Waals surface area (Å²) in [5.41, 5.74) is 1.66. The molecule has 2 aromatic rings. The van der Waals surface area contributed by atoms with Crippen LogP contribution >= 0.6 is 0 Å². The maximum Gasteiger partial charge on any atom is 0.117 e. The van der Waals surface area contributed by atoms with Crippen LogP contribution in [0.15, 0.2) is 36.9 Å². The third-order valence-electron chi connectivity index (χ3n) is 1.45. The first-order chi connectivity index (χ1) is 5.97. The lowest BCUT2D eigenvalue weighted by atomic mass is 10.2. The van der Waals surface area contributed by atoms with Crippen LogP contribution in [0.4, 0.5) is 0 Å². The van der Waals surface area contributed by atoms with Crippen molar-refractivity contribution in [3.8, 4) is 11.3 Å². The number of aromatic nitrogens is 3. The van der Waals surface area contributed by atoms with Crippen molar-refractivity contribution >= 4 is 0 Å². The summed E-state index contributed by atoms with van der Waals surface area (Å²) >= 11 is 0. The Hall–Kier alpha value is -1.77. The predicted molar refractivity (Wildman–Crippen MR) is 44.1 cm³/mol. The molecule has 0 spiro atoms. The highest BCUT2D eigenvalue weighted by atomic mass is 14.8. The van der Waals surface area contributed by atoms with Gasteiger partial charge in [0.25, 0.3) is 0 Å². The van der Waals surface area contributed by atoms with Crippen LogP contribution in [0, 0.1) is 6.20 Å². The fraction of sp³-hybridized carbons (Fsp3) is 0. The van der Waals surface area contributed by atoms with Crippen molar-refractivity contribution < 1.29 is 0 Å². The van der Waals surface area contributed by atoms with Crippen LogP contribution in [-0.4, -0.2) is 15.0 Å². The second kappa shape index (κ2) is 3.09. The van der Waals surface area contributed by atoms with Crippen molar-refractivity contribution in [3.63, 3.8) is 0 Å². The summed E-state index contributed by atoms with van der Waals surface area (Å²) in [6, 6.07) is 3.78. The van der Waals surface area contributed by atoms with E-state index < -0.39 is 0 Å². The minimum Gasteiger partial charge on any atom is -0.264 e. The van der Waals surface area contributed by atoms with Crippen molar-refractivity contribution in [1.82, 2.24) is 15.0 Å². The van der Waals surface area contributed by atoms with E-state index in [9.17, 15) is 0 Å². The molecule has 57 valence electrons. The van der Waals surface area contributed by atoms with Gasteiger partial charge in [-0.05, 0) is 12.1 Å². The van der Waals surface area contributed by atoms with Crippen molar-refractivity contribution in [2.75, 3.05) is 0 Å². The molecule has 0 aliphatic carbocycles. The minimum atomic E-state index is 0.727. The fourth-order valence-electron chi connectivity index (χ4n) is 0.910. The van der Waals surface area contributed by atoms with Gasteiger partial charge >= 0.3 is 0 Å². The van der Waals surface area contributed by atoms with E-state index in [2.05, 4.69) is 21.1 Å². The molecular weight excluding hydrogens is 150 g/mol. The lowest BCUT2D eigenvalue weighted by molar-refractivity contribution is 1.18. The smallest absolute Gasteiger partial charge is 0.117 e. The summed E-state index contributed by atoms with van der Waals surface area (Å²) in [5.74, 6) is 0. The van der Waals surface area contributed by atoms with E-state index in [0.717, 1.165) is 11.3 Å². The van der Waals surface area contributed by atoms with Crippen LogP contribution < -0.4 is 0 Å². The number of pyridine rings is 1. The Labute approximate surface area is 70.1 Å². The second-order valence-electron chi connectivity index (χ2n) is 2.26. The van der Waals surface area contributed by atoms with E-state index in [1.165, 1.54) is 0 Å².